The predicted molar refractivity (Wildman–Crippen MR) is 69.3 cm³/mol. The highest BCUT2D eigenvalue weighted by Gasteiger charge is 2.09. The second-order valence-corrected chi connectivity index (χ2v) is 4.71. The van der Waals surface area contributed by atoms with Gasteiger partial charge in [-0.25, -0.2) is 0 Å². The molecule has 0 aliphatic carbocycles. The lowest BCUT2D eigenvalue weighted by Crippen LogP contribution is -2.02. The topological polar surface area (TPSA) is 33.4 Å². The van der Waals surface area contributed by atoms with Crippen LogP contribution in [0, 0.1) is 6.92 Å². The molecule has 0 spiro atoms. The Bertz CT molecular complexity index is 515. The molecule has 17 heavy (non-hydrogen) atoms. The number of hydrogen-bond acceptors (Lipinski definition) is 2. The van der Waals surface area contributed by atoms with Crippen molar-refractivity contribution in [2.45, 2.75) is 26.4 Å². The predicted octanol–water partition coefficient (Wildman–Crippen LogP) is 3.83. The quantitative estimate of drug-likeness (QED) is 0.898. The van der Waals surface area contributed by atoms with Gasteiger partial charge >= 0.3 is 0 Å². The van der Waals surface area contributed by atoms with Crippen molar-refractivity contribution in [2.24, 2.45) is 0 Å². The molecule has 2 aromatic rings. The third-order valence-electron chi connectivity index (χ3n) is 2.55. The Morgan fingerprint density at radius 2 is 2.06 bits per heavy atom. The molecule has 0 aliphatic heterocycles. The van der Waals surface area contributed by atoms with Crippen LogP contribution in [-0.2, 0) is 6.42 Å². The summed E-state index contributed by atoms with van der Waals surface area (Å²) >= 11 is 6.17. The van der Waals surface area contributed by atoms with Gasteiger partial charge in [0.1, 0.15) is 11.5 Å². The molecule has 0 saturated heterocycles. The first-order chi connectivity index (χ1) is 8.06. The molecule has 0 fully saturated rings. The molecule has 90 valence electrons. The van der Waals surface area contributed by atoms with Crippen LogP contribution in [-0.4, -0.2) is 11.2 Å². The standard InChI is InChI=1S/C14H15ClO2/c1-9-3-5-12(13(15)7-9)14-6-4-11(17-14)8-10(2)16/h3-7,10,16H,8H2,1-2H3. The normalized spacial score (nSPS) is 12.7. The van der Waals surface area contributed by atoms with Crippen LogP contribution in [0.5, 0.6) is 0 Å². The summed E-state index contributed by atoms with van der Waals surface area (Å²) in [6, 6.07) is 9.61. The van der Waals surface area contributed by atoms with E-state index in [1.807, 2.05) is 37.3 Å². The number of rotatable bonds is 3. The smallest absolute Gasteiger partial charge is 0.135 e. The zero-order valence-electron chi connectivity index (χ0n) is 9.90. The highest BCUT2D eigenvalue weighted by molar-refractivity contribution is 6.33. The average molecular weight is 251 g/mol. The molecule has 1 aromatic carbocycles. The van der Waals surface area contributed by atoms with Crippen molar-refractivity contribution in [3.8, 4) is 11.3 Å². The van der Waals surface area contributed by atoms with Crippen LogP contribution in [0.15, 0.2) is 34.7 Å². The summed E-state index contributed by atoms with van der Waals surface area (Å²) in [4.78, 5) is 0. The van der Waals surface area contributed by atoms with Crippen LogP contribution in [0.3, 0.4) is 0 Å². The number of aryl methyl sites for hydroxylation is 1. The number of benzene rings is 1. The van der Waals surface area contributed by atoms with E-state index in [0.29, 0.717) is 11.4 Å². The van der Waals surface area contributed by atoms with Gasteiger partial charge in [0, 0.05) is 12.0 Å². The van der Waals surface area contributed by atoms with Crippen LogP contribution in [0.1, 0.15) is 18.2 Å². The van der Waals surface area contributed by atoms with E-state index >= 15 is 0 Å². The molecule has 0 saturated carbocycles. The zero-order valence-corrected chi connectivity index (χ0v) is 10.7. The number of hydrogen-bond donors (Lipinski definition) is 1. The highest BCUT2D eigenvalue weighted by Crippen LogP contribution is 2.30. The van der Waals surface area contributed by atoms with Gasteiger partial charge in [-0.2, -0.15) is 0 Å². The highest BCUT2D eigenvalue weighted by atomic mass is 35.5. The van der Waals surface area contributed by atoms with Gasteiger partial charge in [0.05, 0.1) is 11.1 Å². The molecular formula is C14H15ClO2. The van der Waals surface area contributed by atoms with Crippen molar-refractivity contribution in [3.05, 3.63) is 46.7 Å². The fourth-order valence-electron chi connectivity index (χ4n) is 1.74. The molecule has 0 amide bonds. The zero-order chi connectivity index (χ0) is 12.4. The van der Waals surface area contributed by atoms with Gasteiger partial charge in [-0.3, -0.25) is 0 Å². The Morgan fingerprint density at radius 3 is 2.71 bits per heavy atom. The molecule has 1 unspecified atom stereocenters. The van der Waals surface area contributed by atoms with Crippen LogP contribution in [0.2, 0.25) is 5.02 Å². The van der Waals surface area contributed by atoms with Gasteiger partial charge in [-0.1, -0.05) is 17.7 Å². The number of aliphatic hydroxyl groups is 1. The van der Waals surface area contributed by atoms with Crippen molar-refractivity contribution >= 4 is 11.6 Å². The van der Waals surface area contributed by atoms with E-state index in [-0.39, 0.29) is 0 Å². The summed E-state index contributed by atoms with van der Waals surface area (Å²) in [7, 11) is 0. The fourth-order valence-corrected chi connectivity index (χ4v) is 2.07. The Labute approximate surface area is 106 Å². The van der Waals surface area contributed by atoms with Crippen molar-refractivity contribution < 1.29 is 9.52 Å². The van der Waals surface area contributed by atoms with E-state index in [0.717, 1.165) is 22.6 Å². The van der Waals surface area contributed by atoms with E-state index in [2.05, 4.69) is 0 Å². The first-order valence-electron chi connectivity index (χ1n) is 5.59. The Kier molecular flexibility index (Phi) is 3.55. The molecule has 1 atom stereocenters. The summed E-state index contributed by atoms with van der Waals surface area (Å²) in [6.45, 7) is 3.73. The second kappa shape index (κ2) is 4.94. The summed E-state index contributed by atoms with van der Waals surface area (Å²) in [5, 5.41) is 9.97. The largest absolute Gasteiger partial charge is 0.461 e. The minimum atomic E-state index is -0.400. The number of aliphatic hydroxyl groups excluding tert-OH is 1. The number of halogens is 1. The summed E-state index contributed by atoms with van der Waals surface area (Å²) in [6.07, 6.45) is 0.117. The first-order valence-corrected chi connectivity index (χ1v) is 5.97. The Balaban J connectivity index is 2.30. The SMILES string of the molecule is Cc1ccc(-c2ccc(CC(C)O)o2)c(Cl)c1. The molecule has 2 rings (SSSR count). The van der Waals surface area contributed by atoms with E-state index < -0.39 is 6.10 Å². The third kappa shape index (κ3) is 2.90. The van der Waals surface area contributed by atoms with Gasteiger partial charge in [-0.15, -0.1) is 0 Å². The maximum absolute atomic E-state index is 9.29. The minimum absolute atomic E-state index is 0.400. The van der Waals surface area contributed by atoms with Gasteiger partial charge in [0.2, 0.25) is 0 Å². The van der Waals surface area contributed by atoms with Crippen LogP contribution >= 0.6 is 11.6 Å². The average Bonchev–Trinajstić information content (AvgIpc) is 2.65. The van der Waals surface area contributed by atoms with E-state index in [9.17, 15) is 5.11 Å². The molecule has 0 bridgehead atoms. The fraction of sp³-hybridized carbons (Fsp3) is 0.286. The van der Waals surface area contributed by atoms with Crippen LogP contribution < -0.4 is 0 Å². The van der Waals surface area contributed by atoms with Crippen molar-refractivity contribution in [3.63, 3.8) is 0 Å². The van der Waals surface area contributed by atoms with Gasteiger partial charge in [0.15, 0.2) is 0 Å². The molecule has 1 aromatic heterocycles. The molecule has 0 radical (unpaired) electrons. The van der Waals surface area contributed by atoms with Gasteiger partial charge < -0.3 is 9.52 Å². The lowest BCUT2D eigenvalue weighted by molar-refractivity contribution is 0.187. The number of furan rings is 1. The maximum Gasteiger partial charge on any atom is 0.135 e. The molecule has 3 heteroatoms. The molecular weight excluding hydrogens is 236 g/mol. The second-order valence-electron chi connectivity index (χ2n) is 4.30. The van der Waals surface area contributed by atoms with Gasteiger partial charge in [-0.05, 0) is 43.7 Å². The summed E-state index contributed by atoms with van der Waals surface area (Å²) in [5.74, 6) is 1.51. The molecule has 1 heterocycles. The summed E-state index contributed by atoms with van der Waals surface area (Å²) < 4.78 is 5.66. The van der Waals surface area contributed by atoms with E-state index in [4.69, 9.17) is 16.0 Å². The summed E-state index contributed by atoms with van der Waals surface area (Å²) in [5.41, 5.74) is 2.00. The van der Waals surface area contributed by atoms with Crippen molar-refractivity contribution in [1.29, 1.82) is 0 Å². The minimum Gasteiger partial charge on any atom is -0.461 e. The Morgan fingerprint density at radius 1 is 1.29 bits per heavy atom. The van der Waals surface area contributed by atoms with Crippen molar-refractivity contribution in [2.75, 3.05) is 0 Å². The lowest BCUT2D eigenvalue weighted by atomic mass is 10.1. The van der Waals surface area contributed by atoms with E-state index in [1.165, 1.54) is 0 Å². The van der Waals surface area contributed by atoms with Crippen LogP contribution in [0.25, 0.3) is 11.3 Å². The first kappa shape index (κ1) is 12.2. The molecule has 1 N–H and O–H groups in total. The van der Waals surface area contributed by atoms with Crippen LogP contribution in [0.4, 0.5) is 0 Å². The lowest BCUT2D eigenvalue weighted by Gasteiger charge is -2.03. The molecule has 0 aliphatic rings. The monoisotopic (exact) mass is 250 g/mol. The van der Waals surface area contributed by atoms with Gasteiger partial charge in [0.25, 0.3) is 0 Å². The third-order valence-corrected chi connectivity index (χ3v) is 2.86. The van der Waals surface area contributed by atoms with E-state index in [1.54, 1.807) is 6.92 Å². The van der Waals surface area contributed by atoms with Crippen molar-refractivity contribution in [1.82, 2.24) is 0 Å². The molecule has 2 nitrogen and oxygen atoms in total. The Hall–Kier alpha value is -1.25. The maximum atomic E-state index is 9.29.